The van der Waals surface area contributed by atoms with Crippen molar-refractivity contribution in [3.05, 3.63) is 59.7 Å². The van der Waals surface area contributed by atoms with Gasteiger partial charge in [0.15, 0.2) is 11.5 Å². The van der Waals surface area contributed by atoms with Crippen LogP contribution in [0.15, 0.2) is 48.5 Å². The molecule has 1 amide bonds. The van der Waals surface area contributed by atoms with E-state index in [4.69, 9.17) is 9.47 Å². The van der Waals surface area contributed by atoms with Crippen molar-refractivity contribution in [2.75, 3.05) is 12.9 Å². The summed E-state index contributed by atoms with van der Waals surface area (Å²) in [6.07, 6.45) is 4.29. The number of rotatable bonds is 11. The molecule has 1 aliphatic heterocycles. The van der Waals surface area contributed by atoms with Crippen LogP contribution in [0.25, 0.3) is 0 Å². The molecule has 1 saturated heterocycles. The maximum absolute atomic E-state index is 13.0. The second kappa shape index (κ2) is 11.8. The Bertz CT molecular complexity index is 904. The summed E-state index contributed by atoms with van der Waals surface area (Å²) in [5.41, 5.74) is 1.87. The summed E-state index contributed by atoms with van der Waals surface area (Å²) in [7, 11) is 1.58. The van der Waals surface area contributed by atoms with Gasteiger partial charge in [-0.05, 0) is 29.7 Å². The smallest absolute Gasteiger partial charge is 0.327 e. The molecule has 0 radical (unpaired) electrons. The molecule has 6 nitrogen and oxygen atoms in total. The lowest BCUT2D eigenvalue weighted by atomic mass is 10.1. The number of aliphatic carboxylic acids is 1. The van der Waals surface area contributed by atoms with Crippen molar-refractivity contribution in [3.63, 3.8) is 0 Å². The quantitative estimate of drug-likeness (QED) is 0.463. The Morgan fingerprint density at radius 3 is 2.56 bits per heavy atom. The first-order valence-electron chi connectivity index (χ1n) is 11.0. The van der Waals surface area contributed by atoms with E-state index in [0.29, 0.717) is 30.3 Å². The topological polar surface area (TPSA) is 76.1 Å². The van der Waals surface area contributed by atoms with Crippen LogP contribution in [0.1, 0.15) is 55.5 Å². The van der Waals surface area contributed by atoms with E-state index in [1.54, 1.807) is 12.0 Å². The fourth-order valence-electron chi connectivity index (χ4n) is 3.79. The van der Waals surface area contributed by atoms with E-state index in [2.05, 4.69) is 6.92 Å². The third-order valence-electron chi connectivity index (χ3n) is 5.53. The van der Waals surface area contributed by atoms with Crippen molar-refractivity contribution >= 4 is 23.6 Å². The molecule has 1 N–H and O–H groups in total. The minimum atomic E-state index is -0.962. The number of hydrogen-bond donors (Lipinski definition) is 1. The minimum absolute atomic E-state index is 0.105. The number of methoxy groups -OCH3 is 1. The normalized spacial score (nSPS) is 17.9. The summed E-state index contributed by atoms with van der Waals surface area (Å²) < 4.78 is 11.5. The van der Waals surface area contributed by atoms with Crippen molar-refractivity contribution in [2.24, 2.45) is 0 Å². The Kier molecular flexibility index (Phi) is 8.85. The predicted octanol–water partition coefficient (Wildman–Crippen LogP) is 5.27. The first-order valence-corrected chi connectivity index (χ1v) is 12.1. The van der Waals surface area contributed by atoms with Crippen LogP contribution in [0.3, 0.4) is 0 Å². The summed E-state index contributed by atoms with van der Waals surface area (Å²) in [6, 6.07) is 14.6. The molecule has 0 bridgehead atoms. The monoisotopic (exact) mass is 457 g/mol. The Morgan fingerprint density at radius 2 is 1.88 bits per heavy atom. The van der Waals surface area contributed by atoms with Crippen molar-refractivity contribution in [2.45, 2.75) is 57.1 Å². The van der Waals surface area contributed by atoms with Crippen LogP contribution in [0.5, 0.6) is 11.5 Å². The van der Waals surface area contributed by atoms with E-state index in [0.717, 1.165) is 36.8 Å². The molecule has 2 unspecified atom stereocenters. The van der Waals surface area contributed by atoms with Gasteiger partial charge in [-0.3, -0.25) is 4.79 Å². The molecule has 3 rings (SSSR count). The molecule has 172 valence electrons. The number of ether oxygens (including phenoxy) is 2. The molecule has 32 heavy (non-hydrogen) atoms. The average Bonchev–Trinajstić information content (AvgIpc) is 3.26. The maximum atomic E-state index is 13.0. The number of thioether (sulfide) groups is 1. The second-order valence-corrected chi connectivity index (χ2v) is 8.95. The number of carbonyl (C=O) groups is 2. The third-order valence-corrected chi connectivity index (χ3v) is 6.85. The van der Waals surface area contributed by atoms with E-state index in [-0.39, 0.29) is 11.3 Å². The van der Waals surface area contributed by atoms with Gasteiger partial charge in [0.25, 0.3) is 0 Å². The first kappa shape index (κ1) is 24.0. The van der Waals surface area contributed by atoms with Crippen molar-refractivity contribution in [1.29, 1.82) is 0 Å². The second-order valence-electron chi connectivity index (χ2n) is 7.84. The van der Waals surface area contributed by atoms with E-state index >= 15 is 0 Å². The van der Waals surface area contributed by atoms with Crippen LogP contribution in [-0.2, 0) is 16.2 Å². The zero-order valence-electron chi connectivity index (χ0n) is 18.7. The molecular formula is C25H31NO5S. The van der Waals surface area contributed by atoms with E-state index in [1.807, 2.05) is 48.5 Å². The van der Waals surface area contributed by atoms with Gasteiger partial charge in [0.05, 0.1) is 7.11 Å². The number of benzene rings is 2. The van der Waals surface area contributed by atoms with Gasteiger partial charge in [-0.2, -0.15) is 0 Å². The van der Waals surface area contributed by atoms with Gasteiger partial charge in [0, 0.05) is 12.2 Å². The van der Waals surface area contributed by atoms with E-state index in [1.165, 1.54) is 11.8 Å². The van der Waals surface area contributed by atoms with Gasteiger partial charge in [-0.15, -0.1) is 11.8 Å². The summed E-state index contributed by atoms with van der Waals surface area (Å²) in [5.74, 6) is 0.470. The SMILES string of the molecule is CCCCCCC(=O)N1C(C(=O)O)CSC1c1ccc(OC)c(OCc2ccccc2)c1. The van der Waals surface area contributed by atoms with Crippen LogP contribution in [0.4, 0.5) is 0 Å². The average molecular weight is 458 g/mol. The fraction of sp³-hybridized carbons (Fsp3) is 0.440. The van der Waals surface area contributed by atoms with E-state index in [9.17, 15) is 14.7 Å². The molecule has 0 aliphatic carbocycles. The Hall–Kier alpha value is -2.67. The molecule has 2 aromatic rings. The van der Waals surface area contributed by atoms with Crippen LogP contribution in [0, 0.1) is 0 Å². The van der Waals surface area contributed by atoms with Crippen molar-refractivity contribution in [3.8, 4) is 11.5 Å². The molecule has 2 atom stereocenters. The van der Waals surface area contributed by atoms with Crippen molar-refractivity contribution in [1.82, 2.24) is 4.90 Å². The van der Waals surface area contributed by atoms with Crippen LogP contribution < -0.4 is 9.47 Å². The van der Waals surface area contributed by atoms with Crippen LogP contribution >= 0.6 is 11.8 Å². The van der Waals surface area contributed by atoms with Gasteiger partial charge >= 0.3 is 5.97 Å². The molecule has 7 heteroatoms. The van der Waals surface area contributed by atoms with Crippen molar-refractivity contribution < 1.29 is 24.2 Å². The standard InChI is InChI=1S/C25H31NO5S/c1-3-4-5-9-12-23(27)26-20(25(28)29)17-32-24(26)19-13-14-21(30-2)22(15-19)31-16-18-10-7-6-8-11-18/h6-8,10-11,13-15,20,24H,3-5,9,12,16-17H2,1-2H3,(H,28,29). The Labute approximate surface area is 193 Å². The van der Waals surface area contributed by atoms with Gasteiger partial charge in [-0.1, -0.05) is 62.6 Å². The summed E-state index contributed by atoms with van der Waals surface area (Å²) in [5, 5.41) is 9.34. The number of amides is 1. The van der Waals surface area contributed by atoms with E-state index < -0.39 is 12.0 Å². The predicted molar refractivity (Wildman–Crippen MR) is 126 cm³/mol. The summed E-state index contributed by atoms with van der Waals surface area (Å²) in [4.78, 5) is 26.4. The zero-order chi connectivity index (χ0) is 22.9. The molecular weight excluding hydrogens is 426 g/mol. The molecule has 0 spiro atoms. The van der Waals surface area contributed by atoms with Gasteiger partial charge in [0.1, 0.15) is 18.0 Å². The number of carbonyl (C=O) groups excluding carboxylic acids is 1. The summed E-state index contributed by atoms with van der Waals surface area (Å²) >= 11 is 1.48. The zero-order valence-corrected chi connectivity index (χ0v) is 19.5. The first-order chi connectivity index (χ1) is 15.5. The number of carboxylic acid groups (broad SMARTS) is 1. The maximum Gasteiger partial charge on any atom is 0.327 e. The molecule has 1 fully saturated rings. The fourth-order valence-corrected chi connectivity index (χ4v) is 5.22. The number of carboxylic acids is 1. The lowest BCUT2D eigenvalue weighted by Crippen LogP contribution is -2.42. The minimum Gasteiger partial charge on any atom is -0.493 e. The van der Waals surface area contributed by atoms with Crippen LogP contribution in [0.2, 0.25) is 0 Å². The largest absolute Gasteiger partial charge is 0.493 e. The number of nitrogens with zero attached hydrogens (tertiary/aromatic N) is 1. The molecule has 1 aliphatic rings. The number of hydrogen-bond acceptors (Lipinski definition) is 5. The van der Waals surface area contributed by atoms with Gasteiger partial charge in [-0.25, -0.2) is 4.79 Å². The lowest BCUT2D eigenvalue weighted by molar-refractivity contribution is -0.149. The Morgan fingerprint density at radius 1 is 1.09 bits per heavy atom. The highest BCUT2D eigenvalue weighted by Gasteiger charge is 2.42. The summed E-state index contributed by atoms with van der Waals surface area (Å²) in [6.45, 7) is 2.51. The van der Waals surface area contributed by atoms with Gasteiger partial charge < -0.3 is 19.5 Å². The highest BCUT2D eigenvalue weighted by atomic mass is 32.2. The van der Waals surface area contributed by atoms with Crippen LogP contribution in [-0.4, -0.2) is 40.8 Å². The molecule has 0 aromatic heterocycles. The van der Waals surface area contributed by atoms with Gasteiger partial charge in [0.2, 0.25) is 5.91 Å². The lowest BCUT2D eigenvalue weighted by Gasteiger charge is -2.28. The molecule has 1 heterocycles. The Balaban J connectivity index is 1.80. The highest BCUT2D eigenvalue weighted by Crippen LogP contribution is 2.44. The highest BCUT2D eigenvalue weighted by molar-refractivity contribution is 7.99. The number of unbranched alkanes of at least 4 members (excludes halogenated alkanes) is 3. The molecule has 2 aromatic carbocycles. The third kappa shape index (κ3) is 5.97. The molecule has 0 saturated carbocycles.